The van der Waals surface area contributed by atoms with Crippen molar-refractivity contribution in [1.29, 1.82) is 0 Å². The van der Waals surface area contributed by atoms with Gasteiger partial charge >= 0.3 is 0 Å². The van der Waals surface area contributed by atoms with Crippen LogP contribution in [-0.2, 0) is 39.4 Å². The second-order valence-electron chi connectivity index (χ2n) is 7.01. The van der Waals surface area contributed by atoms with Crippen molar-refractivity contribution in [1.82, 2.24) is 15.0 Å². The van der Waals surface area contributed by atoms with Crippen LogP contribution in [0.1, 0.15) is 35.7 Å². The Labute approximate surface area is 169 Å². The van der Waals surface area contributed by atoms with Gasteiger partial charge in [0.05, 0.1) is 25.9 Å². The third kappa shape index (κ3) is 4.75. The Hall–Kier alpha value is -2.49. The highest BCUT2D eigenvalue weighted by molar-refractivity contribution is 5.46. The van der Waals surface area contributed by atoms with Crippen molar-refractivity contribution in [2.45, 2.75) is 38.0 Å². The number of carbonyl (C=O) groups is 1. The monoisotopic (exact) mass is 405 g/mol. The number of hydrogen-bond donors (Lipinski definition) is 1. The fraction of sp³-hybridized carbons (Fsp3) is 0.550. The lowest BCUT2D eigenvalue weighted by Gasteiger charge is -2.45. The topological polar surface area (TPSA) is 107 Å². The SMILES string of the molecule is COCc1noc(CN2CCC3(CC2)OCCc2cccc(OC)c23)n1.O=CO. The number of methoxy groups -OCH3 is 2. The standard InChI is InChI=1S/C19H25N3O4.CH2O2/c1-23-13-16-20-17(26-21-16)12-22-9-7-19(8-10-22)18-14(6-11-25-19)4-3-5-15(18)24-2;2-1-3/h3-5H,6-13H2,1-2H3;1H,(H,2,3). The summed E-state index contributed by atoms with van der Waals surface area (Å²) in [6.07, 6.45) is 2.81. The van der Waals surface area contributed by atoms with Gasteiger partial charge in [0.2, 0.25) is 5.89 Å². The molecule has 3 heterocycles. The molecule has 29 heavy (non-hydrogen) atoms. The fourth-order valence-electron chi connectivity index (χ4n) is 4.10. The van der Waals surface area contributed by atoms with Gasteiger partial charge in [0.25, 0.3) is 6.47 Å². The molecule has 9 nitrogen and oxygen atoms in total. The maximum absolute atomic E-state index is 8.36. The van der Waals surface area contributed by atoms with Crippen LogP contribution in [0.15, 0.2) is 22.7 Å². The summed E-state index contributed by atoms with van der Waals surface area (Å²) in [5, 5.41) is 10.8. The number of fused-ring (bicyclic) bond motifs is 2. The predicted molar refractivity (Wildman–Crippen MR) is 103 cm³/mol. The van der Waals surface area contributed by atoms with E-state index in [1.807, 2.05) is 6.07 Å². The highest BCUT2D eigenvalue weighted by atomic mass is 16.5. The first kappa shape index (κ1) is 21.2. The lowest BCUT2D eigenvalue weighted by molar-refractivity contribution is -0.122. The fourth-order valence-corrected chi connectivity index (χ4v) is 4.10. The Balaban J connectivity index is 0.000000755. The molecule has 158 valence electrons. The number of nitrogens with zero attached hydrogens (tertiary/aromatic N) is 3. The number of ether oxygens (including phenoxy) is 3. The molecule has 2 aliphatic heterocycles. The quantitative estimate of drug-likeness (QED) is 0.747. The molecular formula is C20H27N3O6. The van der Waals surface area contributed by atoms with Crippen LogP contribution in [0.25, 0.3) is 0 Å². The van der Waals surface area contributed by atoms with Crippen LogP contribution in [0.5, 0.6) is 5.75 Å². The second-order valence-corrected chi connectivity index (χ2v) is 7.01. The maximum atomic E-state index is 8.36. The molecule has 1 spiro atoms. The summed E-state index contributed by atoms with van der Waals surface area (Å²) in [7, 11) is 3.36. The zero-order valence-corrected chi connectivity index (χ0v) is 16.8. The Morgan fingerprint density at radius 1 is 1.31 bits per heavy atom. The minimum atomic E-state index is -0.250. The van der Waals surface area contributed by atoms with Gasteiger partial charge in [-0.25, -0.2) is 0 Å². The number of aromatic nitrogens is 2. The van der Waals surface area contributed by atoms with E-state index >= 15 is 0 Å². The van der Waals surface area contributed by atoms with E-state index in [-0.39, 0.29) is 12.1 Å². The summed E-state index contributed by atoms with van der Waals surface area (Å²) in [5.74, 6) is 2.16. The molecule has 0 atom stereocenters. The molecule has 1 aromatic heterocycles. The van der Waals surface area contributed by atoms with Crippen LogP contribution >= 0.6 is 0 Å². The third-order valence-corrected chi connectivity index (χ3v) is 5.34. The Morgan fingerprint density at radius 2 is 2.07 bits per heavy atom. The maximum Gasteiger partial charge on any atom is 0.290 e. The van der Waals surface area contributed by atoms with E-state index in [1.54, 1.807) is 14.2 Å². The lowest BCUT2D eigenvalue weighted by Crippen LogP contribution is -2.46. The van der Waals surface area contributed by atoms with Crippen LogP contribution in [0.4, 0.5) is 0 Å². The average molecular weight is 405 g/mol. The largest absolute Gasteiger partial charge is 0.496 e. The van der Waals surface area contributed by atoms with Crippen molar-refractivity contribution in [3.8, 4) is 5.75 Å². The van der Waals surface area contributed by atoms with Gasteiger partial charge in [-0.1, -0.05) is 17.3 Å². The molecule has 1 fully saturated rings. The summed E-state index contributed by atoms with van der Waals surface area (Å²) in [6, 6.07) is 6.31. The van der Waals surface area contributed by atoms with Crippen molar-refractivity contribution >= 4 is 6.47 Å². The first-order valence-corrected chi connectivity index (χ1v) is 9.56. The molecule has 0 bridgehead atoms. The molecule has 2 aliphatic rings. The van der Waals surface area contributed by atoms with E-state index in [9.17, 15) is 0 Å². The first-order chi connectivity index (χ1) is 14.2. The number of carboxylic acid groups (broad SMARTS) is 1. The summed E-state index contributed by atoms with van der Waals surface area (Å²) >= 11 is 0. The molecule has 1 aromatic carbocycles. The molecule has 2 aromatic rings. The highest BCUT2D eigenvalue weighted by Gasteiger charge is 2.43. The molecule has 1 saturated heterocycles. The minimum Gasteiger partial charge on any atom is -0.496 e. The zero-order valence-electron chi connectivity index (χ0n) is 16.8. The molecule has 0 radical (unpaired) electrons. The van der Waals surface area contributed by atoms with Crippen molar-refractivity contribution in [3.63, 3.8) is 0 Å². The Morgan fingerprint density at radius 3 is 2.76 bits per heavy atom. The van der Waals surface area contributed by atoms with Crippen LogP contribution in [0, 0.1) is 0 Å². The van der Waals surface area contributed by atoms with Crippen molar-refractivity contribution in [2.75, 3.05) is 33.9 Å². The lowest BCUT2D eigenvalue weighted by atomic mass is 9.79. The average Bonchev–Trinajstić information content (AvgIpc) is 3.17. The minimum absolute atomic E-state index is 0.243. The number of benzene rings is 1. The summed E-state index contributed by atoms with van der Waals surface area (Å²) in [6.45, 7) is 3.38. The predicted octanol–water partition coefficient (Wildman–Crippen LogP) is 1.99. The van der Waals surface area contributed by atoms with Crippen LogP contribution in [-0.4, -0.2) is 60.5 Å². The smallest absolute Gasteiger partial charge is 0.290 e. The van der Waals surface area contributed by atoms with Crippen LogP contribution < -0.4 is 4.74 Å². The molecule has 0 amide bonds. The van der Waals surface area contributed by atoms with E-state index in [0.29, 0.717) is 24.9 Å². The van der Waals surface area contributed by atoms with E-state index in [0.717, 1.165) is 44.7 Å². The van der Waals surface area contributed by atoms with Gasteiger partial charge in [0, 0.05) is 25.8 Å². The third-order valence-electron chi connectivity index (χ3n) is 5.34. The molecule has 1 N–H and O–H groups in total. The van der Waals surface area contributed by atoms with Gasteiger partial charge in [-0.15, -0.1) is 0 Å². The van der Waals surface area contributed by atoms with E-state index in [1.165, 1.54) is 11.1 Å². The number of hydrogen-bond acceptors (Lipinski definition) is 8. The number of piperidine rings is 1. The van der Waals surface area contributed by atoms with Gasteiger partial charge in [-0.05, 0) is 30.9 Å². The van der Waals surface area contributed by atoms with Crippen LogP contribution in [0.2, 0.25) is 0 Å². The van der Waals surface area contributed by atoms with Crippen LogP contribution in [0.3, 0.4) is 0 Å². The molecular weight excluding hydrogens is 378 g/mol. The van der Waals surface area contributed by atoms with Gasteiger partial charge in [-0.2, -0.15) is 4.98 Å². The normalized spacial score (nSPS) is 17.9. The van der Waals surface area contributed by atoms with Crippen molar-refractivity contribution in [2.24, 2.45) is 0 Å². The Kier molecular flexibility index (Phi) is 7.18. The summed E-state index contributed by atoms with van der Waals surface area (Å²) in [5.41, 5.74) is 2.35. The number of likely N-dealkylation sites (tertiary alicyclic amines) is 1. The Bertz CT molecular complexity index is 787. The molecule has 0 saturated carbocycles. The van der Waals surface area contributed by atoms with E-state index in [4.69, 9.17) is 28.6 Å². The summed E-state index contributed by atoms with van der Waals surface area (Å²) in [4.78, 5) is 15.1. The highest BCUT2D eigenvalue weighted by Crippen LogP contribution is 2.45. The van der Waals surface area contributed by atoms with Gasteiger partial charge in [0.1, 0.15) is 12.4 Å². The summed E-state index contributed by atoms with van der Waals surface area (Å²) < 4.78 is 22.3. The molecule has 9 heteroatoms. The van der Waals surface area contributed by atoms with Gasteiger partial charge in [-0.3, -0.25) is 9.69 Å². The molecule has 0 aliphatic carbocycles. The van der Waals surface area contributed by atoms with E-state index < -0.39 is 0 Å². The molecule has 4 rings (SSSR count). The van der Waals surface area contributed by atoms with Gasteiger partial charge < -0.3 is 23.8 Å². The number of rotatable bonds is 5. The van der Waals surface area contributed by atoms with E-state index in [2.05, 4.69) is 27.2 Å². The first-order valence-electron chi connectivity index (χ1n) is 9.56. The van der Waals surface area contributed by atoms with Gasteiger partial charge in [0.15, 0.2) is 5.82 Å². The van der Waals surface area contributed by atoms with Crippen molar-refractivity contribution < 1.29 is 28.6 Å². The van der Waals surface area contributed by atoms with Crippen molar-refractivity contribution in [3.05, 3.63) is 41.0 Å². The molecule has 0 unspecified atom stereocenters. The zero-order chi connectivity index (χ0) is 20.7. The second kappa shape index (κ2) is 9.82.